The molecule has 1 radical (unpaired) electrons. The summed E-state index contributed by atoms with van der Waals surface area (Å²) >= 11 is 0. The van der Waals surface area contributed by atoms with Crippen LogP contribution in [-0.2, 0) is 31.9 Å². The van der Waals surface area contributed by atoms with Crippen LogP contribution in [0.2, 0.25) is 0 Å². The molecule has 10 heteroatoms. The lowest BCUT2D eigenvalue weighted by Crippen LogP contribution is -2.11. The van der Waals surface area contributed by atoms with E-state index < -0.39 is 47.9 Å². The summed E-state index contributed by atoms with van der Waals surface area (Å²) in [4.78, 5) is -1.85. The summed E-state index contributed by atoms with van der Waals surface area (Å²) in [6.45, 7) is -1.28. The molecule has 2 N–H and O–H groups in total. The van der Waals surface area contributed by atoms with Crippen LogP contribution in [0.3, 0.4) is 0 Å². The lowest BCUT2D eigenvalue weighted by atomic mass is 10.2. The van der Waals surface area contributed by atoms with Gasteiger partial charge in [0.15, 0.2) is 0 Å². The number of ether oxygens (including phenoxy) is 1. The largest absolute Gasteiger partial charge is 0.495 e. The lowest BCUT2D eigenvalue weighted by molar-refractivity contribution is 0.171. The molecule has 0 amide bonds. The van der Waals surface area contributed by atoms with E-state index in [0.717, 1.165) is 19.2 Å². The van der Waals surface area contributed by atoms with E-state index in [1.165, 1.54) is 0 Å². The van der Waals surface area contributed by atoms with Gasteiger partial charge in [0.1, 0.15) is 22.1 Å². The maximum Gasteiger partial charge on any atom is 0.298 e. The van der Waals surface area contributed by atoms with Crippen LogP contribution >= 0.6 is 0 Å². The smallest absolute Gasteiger partial charge is 0.298 e. The molecule has 0 fully saturated rings. The van der Waals surface area contributed by atoms with Gasteiger partial charge in [0.25, 0.3) is 20.2 Å². The summed E-state index contributed by atoms with van der Waals surface area (Å²) in [5.41, 5.74) is -0.778. The van der Waals surface area contributed by atoms with Gasteiger partial charge in [0.2, 0.25) is 0 Å². The van der Waals surface area contributed by atoms with Crippen LogP contribution in [0.1, 0.15) is 5.56 Å². The van der Waals surface area contributed by atoms with E-state index >= 15 is 0 Å². The Bertz CT molecular complexity index is 659. The van der Waals surface area contributed by atoms with Crippen molar-refractivity contribution in [2.24, 2.45) is 0 Å². The summed E-state index contributed by atoms with van der Waals surface area (Å²) in [7, 11) is -8.58. The number of methoxy groups -OCH3 is 1. The molecular formula is C8H9O8S2. The predicted molar refractivity (Wildman–Crippen MR) is 57.0 cm³/mol. The highest BCUT2D eigenvalue weighted by Crippen LogP contribution is 2.32. The minimum absolute atomic E-state index is 0.393. The van der Waals surface area contributed by atoms with Crippen molar-refractivity contribution in [3.8, 4) is 5.75 Å². The van der Waals surface area contributed by atoms with E-state index in [1.807, 2.05) is 0 Å². The van der Waals surface area contributed by atoms with Crippen molar-refractivity contribution >= 4 is 20.2 Å². The molecule has 0 heterocycles. The molecule has 0 atom stereocenters. The van der Waals surface area contributed by atoms with Crippen molar-refractivity contribution in [2.45, 2.75) is 16.4 Å². The van der Waals surface area contributed by atoms with Crippen molar-refractivity contribution in [1.82, 2.24) is 0 Å². The first-order valence-electron chi connectivity index (χ1n) is 4.36. The predicted octanol–water partition coefficient (Wildman–Crippen LogP) is 0.119. The highest BCUT2D eigenvalue weighted by molar-refractivity contribution is 7.86. The molecule has 0 unspecified atom stereocenters. The topological polar surface area (TPSA) is 138 Å². The van der Waals surface area contributed by atoms with Crippen molar-refractivity contribution in [3.05, 3.63) is 17.7 Å². The highest BCUT2D eigenvalue weighted by Gasteiger charge is 2.28. The zero-order valence-electron chi connectivity index (χ0n) is 9.02. The molecule has 1 aromatic rings. The van der Waals surface area contributed by atoms with Crippen LogP contribution in [0.25, 0.3) is 0 Å². The molecule has 0 aliphatic heterocycles. The third-order valence-corrected chi connectivity index (χ3v) is 3.98. The zero-order chi connectivity index (χ0) is 14.1. The summed E-state index contributed by atoms with van der Waals surface area (Å²) < 4.78 is 66.7. The minimum atomic E-state index is -4.87. The normalized spacial score (nSPS) is 12.4. The molecular weight excluding hydrogens is 288 g/mol. The first kappa shape index (κ1) is 14.9. The molecule has 0 aliphatic rings. The van der Waals surface area contributed by atoms with Crippen LogP contribution in [0.5, 0.6) is 5.75 Å². The first-order chi connectivity index (χ1) is 8.12. The summed E-state index contributed by atoms with van der Waals surface area (Å²) in [5, 5.41) is 10.9. The van der Waals surface area contributed by atoms with Gasteiger partial charge in [-0.05, 0) is 12.1 Å². The van der Waals surface area contributed by atoms with E-state index in [9.17, 15) is 21.9 Å². The van der Waals surface area contributed by atoms with Gasteiger partial charge < -0.3 is 4.74 Å². The maximum atomic E-state index is 11.1. The molecule has 1 rings (SSSR count). The minimum Gasteiger partial charge on any atom is -0.495 e. The van der Waals surface area contributed by atoms with Gasteiger partial charge in [-0.2, -0.15) is 16.8 Å². The molecule has 0 spiro atoms. The standard InChI is InChI=1S/C8H9O8S2/c1-16-6-2-3-7(17(10,11)12)5(4-9)8(6)18(13,14)15/h2-3H,4H2,1H3,(H,10,11,12)(H,13,14,15). The maximum absolute atomic E-state index is 11.1. The van der Waals surface area contributed by atoms with Crippen LogP contribution in [0, 0.1) is 0 Å². The lowest BCUT2D eigenvalue weighted by Gasteiger charge is -2.12. The molecule has 1 aromatic carbocycles. The van der Waals surface area contributed by atoms with Gasteiger partial charge in [-0.15, -0.1) is 0 Å². The zero-order valence-corrected chi connectivity index (χ0v) is 10.7. The van der Waals surface area contributed by atoms with Gasteiger partial charge in [0.05, 0.1) is 7.11 Å². The third kappa shape index (κ3) is 2.79. The molecule has 101 valence electrons. The monoisotopic (exact) mass is 297 g/mol. The highest BCUT2D eigenvalue weighted by atomic mass is 32.2. The Hall–Kier alpha value is -1.20. The van der Waals surface area contributed by atoms with E-state index in [1.54, 1.807) is 0 Å². The molecule has 18 heavy (non-hydrogen) atoms. The number of hydrogen-bond donors (Lipinski definition) is 2. The van der Waals surface area contributed by atoms with E-state index in [0.29, 0.717) is 0 Å². The Kier molecular flexibility index (Phi) is 3.98. The first-order valence-corrected chi connectivity index (χ1v) is 7.24. The molecule has 8 nitrogen and oxygen atoms in total. The van der Waals surface area contributed by atoms with Gasteiger partial charge in [-0.3, -0.25) is 9.11 Å². The van der Waals surface area contributed by atoms with Gasteiger partial charge >= 0.3 is 0 Å². The van der Waals surface area contributed by atoms with Crippen LogP contribution in [0.15, 0.2) is 21.9 Å². The second kappa shape index (κ2) is 4.82. The van der Waals surface area contributed by atoms with E-state index in [4.69, 9.17) is 9.11 Å². The van der Waals surface area contributed by atoms with Crippen molar-refractivity contribution in [1.29, 1.82) is 0 Å². The average Bonchev–Trinajstić information content (AvgIpc) is 2.24. The molecule has 0 aliphatic carbocycles. The summed E-state index contributed by atoms with van der Waals surface area (Å²) in [5.74, 6) is -0.393. The van der Waals surface area contributed by atoms with Crippen LogP contribution in [0.4, 0.5) is 0 Å². The molecule has 0 saturated heterocycles. The van der Waals surface area contributed by atoms with Gasteiger partial charge in [0, 0.05) is 5.56 Å². The Morgan fingerprint density at radius 2 is 1.67 bits per heavy atom. The van der Waals surface area contributed by atoms with Crippen molar-refractivity contribution in [3.63, 3.8) is 0 Å². The van der Waals surface area contributed by atoms with Crippen molar-refractivity contribution in [2.75, 3.05) is 7.11 Å². The van der Waals surface area contributed by atoms with E-state index in [-0.39, 0.29) is 0 Å². The number of rotatable bonds is 4. The molecule has 0 aromatic heterocycles. The fraction of sp³-hybridized carbons (Fsp3) is 0.250. The number of hydrogen-bond acceptors (Lipinski definition) is 5. The average molecular weight is 297 g/mol. The molecule has 0 bridgehead atoms. The Balaban J connectivity index is 3.87. The summed E-state index contributed by atoms with van der Waals surface area (Å²) in [6, 6.07) is 1.72. The second-order valence-corrected chi connectivity index (χ2v) is 5.92. The number of benzene rings is 1. The third-order valence-electron chi connectivity index (χ3n) is 2.08. The SMILES string of the molecule is COc1ccc(S(=O)(=O)O)c(C[O])c1S(=O)(=O)O. The Morgan fingerprint density at radius 3 is 2.00 bits per heavy atom. The fourth-order valence-corrected chi connectivity index (χ4v) is 3.07. The summed E-state index contributed by atoms with van der Waals surface area (Å²) in [6.07, 6.45) is 0. The van der Waals surface area contributed by atoms with E-state index in [2.05, 4.69) is 4.74 Å². The van der Waals surface area contributed by atoms with Crippen molar-refractivity contribution < 1.29 is 35.8 Å². The molecule has 0 saturated carbocycles. The van der Waals surface area contributed by atoms with Crippen LogP contribution < -0.4 is 4.74 Å². The fourth-order valence-electron chi connectivity index (χ4n) is 1.41. The Labute approximate surface area is 103 Å². The van der Waals surface area contributed by atoms with Gasteiger partial charge in [-0.25, -0.2) is 5.11 Å². The second-order valence-electron chi connectivity index (χ2n) is 3.17. The van der Waals surface area contributed by atoms with Gasteiger partial charge in [-0.1, -0.05) is 0 Å². The Morgan fingerprint density at radius 1 is 1.11 bits per heavy atom. The quantitative estimate of drug-likeness (QED) is 0.752. The van der Waals surface area contributed by atoms with Crippen LogP contribution in [-0.4, -0.2) is 33.1 Å².